The average Bonchev–Trinajstić information content (AvgIpc) is 2.68. The first-order valence-electron chi connectivity index (χ1n) is 9.18. The van der Waals surface area contributed by atoms with E-state index in [1.54, 1.807) is 19.5 Å². The van der Waals surface area contributed by atoms with Gasteiger partial charge in [-0.05, 0) is 61.7 Å². The van der Waals surface area contributed by atoms with E-state index in [0.717, 1.165) is 43.7 Å². The van der Waals surface area contributed by atoms with Gasteiger partial charge in [0, 0.05) is 25.5 Å². The molecule has 0 N–H and O–H groups in total. The minimum absolute atomic E-state index is 0.140. The Hall–Kier alpha value is -2.40. The molecule has 1 aliphatic rings. The van der Waals surface area contributed by atoms with Gasteiger partial charge < -0.3 is 9.64 Å². The van der Waals surface area contributed by atoms with Gasteiger partial charge in [-0.15, -0.1) is 0 Å². The molecule has 3 rings (SSSR count). The van der Waals surface area contributed by atoms with Gasteiger partial charge in [0.25, 0.3) is 0 Å². The van der Waals surface area contributed by atoms with Crippen molar-refractivity contribution in [3.63, 3.8) is 0 Å². The van der Waals surface area contributed by atoms with Crippen molar-refractivity contribution >= 4 is 5.91 Å². The van der Waals surface area contributed by atoms with E-state index in [2.05, 4.69) is 22.0 Å². The number of carbonyl (C=O) groups excluding carboxylic acids is 1. The first kappa shape index (κ1) is 18.4. The number of aromatic nitrogens is 1. The molecule has 2 heterocycles. The first-order chi connectivity index (χ1) is 12.7. The lowest BCUT2D eigenvalue weighted by atomic mass is 9.95. The minimum Gasteiger partial charge on any atom is -0.497 e. The Morgan fingerprint density at radius 2 is 2.08 bits per heavy atom. The molecule has 26 heavy (non-hydrogen) atoms. The van der Waals surface area contributed by atoms with Crippen LogP contribution in [0.5, 0.6) is 5.75 Å². The molecule has 0 saturated carbocycles. The van der Waals surface area contributed by atoms with Crippen LogP contribution in [0, 0.1) is 0 Å². The van der Waals surface area contributed by atoms with E-state index in [0.29, 0.717) is 6.54 Å². The molecule has 1 aromatic carbocycles. The number of carbonyl (C=O) groups is 1. The smallest absolute Gasteiger partial charge is 0.237 e. The number of methoxy groups -OCH3 is 1. The van der Waals surface area contributed by atoms with Crippen LogP contribution in [0.25, 0.3) is 0 Å². The average molecular weight is 353 g/mol. The molecule has 1 fully saturated rings. The summed E-state index contributed by atoms with van der Waals surface area (Å²) in [5.74, 6) is 1.03. The molecule has 0 aliphatic carbocycles. The molecule has 1 atom stereocenters. The van der Waals surface area contributed by atoms with Crippen molar-refractivity contribution < 1.29 is 9.53 Å². The topological polar surface area (TPSA) is 45.7 Å². The molecule has 1 aromatic heterocycles. The third kappa shape index (κ3) is 4.61. The number of hydrogen-bond acceptors (Lipinski definition) is 4. The van der Waals surface area contributed by atoms with Crippen LogP contribution in [0.4, 0.5) is 0 Å². The van der Waals surface area contributed by atoms with Crippen molar-refractivity contribution in [1.29, 1.82) is 0 Å². The zero-order chi connectivity index (χ0) is 18.4. The predicted molar refractivity (Wildman–Crippen MR) is 102 cm³/mol. The Balaban J connectivity index is 1.67. The van der Waals surface area contributed by atoms with Crippen molar-refractivity contribution in [3.8, 4) is 5.75 Å². The summed E-state index contributed by atoms with van der Waals surface area (Å²) in [6.45, 7) is 1.98. The standard InChI is InChI=1S/C21H27N3O2/c1-23(15-17-9-11-22-12-10-17)16-21(25)24-13-4-3-8-20(24)18-6-5-7-19(14-18)26-2/h5-7,9-12,14,20H,3-4,8,13,15-16H2,1-2H3/t20-/m0/s1. The van der Waals surface area contributed by atoms with Crippen LogP contribution in [0.15, 0.2) is 48.8 Å². The number of rotatable bonds is 6. The van der Waals surface area contributed by atoms with E-state index < -0.39 is 0 Å². The Bertz CT molecular complexity index is 720. The normalized spacial score (nSPS) is 17.3. The van der Waals surface area contributed by atoms with E-state index in [-0.39, 0.29) is 11.9 Å². The van der Waals surface area contributed by atoms with E-state index >= 15 is 0 Å². The molecule has 2 aromatic rings. The van der Waals surface area contributed by atoms with Gasteiger partial charge in [-0.2, -0.15) is 0 Å². The molecule has 5 heteroatoms. The van der Waals surface area contributed by atoms with Gasteiger partial charge in [-0.25, -0.2) is 0 Å². The highest BCUT2D eigenvalue weighted by Gasteiger charge is 2.28. The number of pyridine rings is 1. The monoisotopic (exact) mass is 353 g/mol. The van der Waals surface area contributed by atoms with Crippen molar-refractivity contribution in [2.24, 2.45) is 0 Å². The number of nitrogens with zero attached hydrogens (tertiary/aromatic N) is 3. The molecule has 0 unspecified atom stereocenters. The number of hydrogen-bond donors (Lipinski definition) is 0. The number of piperidine rings is 1. The van der Waals surface area contributed by atoms with Crippen molar-refractivity contribution in [2.75, 3.05) is 27.2 Å². The summed E-state index contributed by atoms with van der Waals surface area (Å²) in [6, 6.07) is 12.2. The SMILES string of the molecule is COc1cccc([C@@H]2CCCCN2C(=O)CN(C)Cc2ccncc2)c1. The maximum atomic E-state index is 13.0. The van der Waals surface area contributed by atoms with Gasteiger partial charge >= 0.3 is 0 Å². The van der Waals surface area contributed by atoms with Gasteiger partial charge in [0.1, 0.15) is 5.75 Å². The van der Waals surface area contributed by atoms with Gasteiger partial charge in [-0.3, -0.25) is 14.7 Å². The van der Waals surface area contributed by atoms with E-state index in [9.17, 15) is 4.79 Å². The summed E-state index contributed by atoms with van der Waals surface area (Å²) in [7, 11) is 3.67. The molecule has 0 spiro atoms. The Morgan fingerprint density at radius 3 is 2.85 bits per heavy atom. The number of benzene rings is 1. The molecule has 138 valence electrons. The van der Waals surface area contributed by atoms with Crippen LogP contribution in [0.2, 0.25) is 0 Å². The summed E-state index contributed by atoms with van der Waals surface area (Å²) in [5, 5.41) is 0. The fourth-order valence-electron chi connectivity index (χ4n) is 3.60. The Kier molecular flexibility index (Phi) is 6.23. The molecular formula is C21H27N3O2. The Morgan fingerprint density at radius 1 is 1.27 bits per heavy atom. The lowest BCUT2D eigenvalue weighted by Gasteiger charge is -2.37. The number of likely N-dealkylation sites (N-methyl/N-ethyl adjacent to an activating group) is 1. The van der Waals surface area contributed by atoms with Crippen molar-refractivity contribution in [3.05, 3.63) is 59.9 Å². The van der Waals surface area contributed by atoms with Crippen LogP contribution in [-0.4, -0.2) is 47.9 Å². The largest absolute Gasteiger partial charge is 0.497 e. The second-order valence-corrected chi connectivity index (χ2v) is 6.90. The molecule has 1 amide bonds. The van der Waals surface area contributed by atoms with E-state index in [4.69, 9.17) is 4.74 Å². The predicted octanol–water partition coefficient (Wildman–Crippen LogP) is 3.28. The summed E-state index contributed by atoms with van der Waals surface area (Å²) in [6.07, 6.45) is 6.80. The van der Waals surface area contributed by atoms with Gasteiger partial charge in [0.2, 0.25) is 5.91 Å². The summed E-state index contributed by atoms with van der Waals surface area (Å²) in [4.78, 5) is 21.1. The highest BCUT2D eigenvalue weighted by atomic mass is 16.5. The second kappa shape index (κ2) is 8.81. The first-order valence-corrected chi connectivity index (χ1v) is 9.18. The second-order valence-electron chi connectivity index (χ2n) is 6.90. The molecular weight excluding hydrogens is 326 g/mol. The van der Waals surface area contributed by atoms with Crippen molar-refractivity contribution in [2.45, 2.75) is 31.8 Å². The maximum absolute atomic E-state index is 13.0. The minimum atomic E-state index is 0.140. The van der Waals surface area contributed by atoms with Crippen LogP contribution >= 0.6 is 0 Å². The lowest BCUT2D eigenvalue weighted by Crippen LogP contribution is -2.43. The fraction of sp³-hybridized carbons (Fsp3) is 0.429. The van der Waals surface area contributed by atoms with Gasteiger partial charge in [0.05, 0.1) is 19.7 Å². The molecule has 1 aliphatic heterocycles. The molecule has 0 radical (unpaired) electrons. The molecule has 1 saturated heterocycles. The highest BCUT2D eigenvalue weighted by Crippen LogP contribution is 2.32. The Labute approximate surface area is 155 Å². The quantitative estimate of drug-likeness (QED) is 0.800. The summed E-state index contributed by atoms with van der Waals surface area (Å²) >= 11 is 0. The fourth-order valence-corrected chi connectivity index (χ4v) is 3.60. The third-order valence-corrected chi connectivity index (χ3v) is 4.91. The highest BCUT2D eigenvalue weighted by molar-refractivity contribution is 5.79. The van der Waals surface area contributed by atoms with Gasteiger partial charge in [0.15, 0.2) is 0 Å². The van der Waals surface area contributed by atoms with Crippen LogP contribution in [-0.2, 0) is 11.3 Å². The summed E-state index contributed by atoms with van der Waals surface area (Å²) < 4.78 is 5.36. The number of amides is 1. The molecule has 5 nitrogen and oxygen atoms in total. The number of ether oxygens (including phenoxy) is 1. The van der Waals surface area contributed by atoms with Crippen molar-refractivity contribution in [1.82, 2.24) is 14.8 Å². The van der Waals surface area contributed by atoms with Crippen LogP contribution in [0.3, 0.4) is 0 Å². The maximum Gasteiger partial charge on any atom is 0.237 e. The zero-order valence-corrected chi connectivity index (χ0v) is 15.6. The van der Waals surface area contributed by atoms with Crippen LogP contribution < -0.4 is 4.74 Å². The summed E-state index contributed by atoms with van der Waals surface area (Å²) in [5.41, 5.74) is 2.33. The molecule has 0 bridgehead atoms. The van der Waals surface area contributed by atoms with Gasteiger partial charge in [-0.1, -0.05) is 12.1 Å². The van der Waals surface area contributed by atoms with Crippen LogP contribution in [0.1, 0.15) is 36.4 Å². The third-order valence-electron chi connectivity index (χ3n) is 4.91. The zero-order valence-electron chi connectivity index (χ0n) is 15.6. The van der Waals surface area contributed by atoms with E-state index in [1.165, 1.54) is 5.56 Å². The van der Waals surface area contributed by atoms with E-state index in [1.807, 2.05) is 36.2 Å². The number of likely N-dealkylation sites (tertiary alicyclic amines) is 1. The lowest BCUT2D eigenvalue weighted by molar-refractivity contribution is -0.136.